The molecule has 1 aromatic heterocycles. The van der Waals surface area contributed by atoms with Crippen LogP contribution >= 0.6 is 0 Å². The van der Waals surface area contributed by atoms with Gasteiger partial charge in [0.15, 0.2) is 0 Å². The summed E-state index contributed by atoms with van der Waals surface area (Å²) in [6.45, 7) is 1.16. The van der Waals surface area contributed by atoms with E-state index in [-0.39, 0.29) is 4.90 Å². The molecular weight excluding hydrogens is 384 g/mol. The van der Waals surface area contributed by atoms with E-state index in [1.54, 1.807) is 16.4 Å². The summed E-state index contributed by atoms with van der Waals surface area (Å²) in [5.74, 6) is 0.565. The van der Waals surface area contributed by atoms with Gasteiger partial charge in [0.25, 0.3) is 0 Å². The molecule has 0 aliphatic carbocycles. The molecule has 29 heavy (non-hydrogen) atoms. The number of hydrogen-bond acceptors (Lipinski definition) is 5. The summed E-state index contributed by atoms with van der Waals surface area (Å²) in [6, 6.07) is 23.1. The van der Waals surface area contributed by atoms with Gasteiger partial charge in [-0.3, -0.25) is 10.4 Å². The average Bonchev–Trinajstić information content (AvgIpc) is 2.79. The number of rotatable bonds is 6. The Morgan fingerprint density at radius 1 is 0.793 bits per heavy atom. The molecule has 1 N–H and O–H groups in total. The summed E-state index contributed by atoms with van der Waals surface area (Å²) in [6.07, 6.45) is 4.34. The second kappa shape index (κ2) is 8.63. The molecule has 0 radical (unpaired) electrons. The smallest absolute Gasteiger partial charge is 0.244 e. The van der Waals surface area contributed by atoms with Crippen LogP contribution in [0.5, 0.6) is 0 Å². The lowest BCUT2D eigenvalue weighted by atomic mass is 10.2. The van der Waals surface area contributed by atoms with E-state index in [0.29, 0.717) is 18.9 Å². The van der Waals surface area contributed by atoms with Gasteiger partial charge in [-0.1, -0.05) is 42.8 Å². The quantitative estimate of drug-likeness (QED) is 0.612. The first kappa shape index (κ1) is 19.4. The Morgan fingerprint density at radius 3 is 1.90 bits per heavy atom. The van der Waals surface area contributed by atoms with Crippen LogP contribution < -0.4 is 10.4 Å². The van der Waals surface area contributed by atoms with Crippen molar-refractivity contribution in [3.05, 3.63) is 79.0 Å². The maximum Gasteiger partial charge on any atom is 0.244 e. The van der Waals surface area contributed by atoms with Crippen LogP contribution in [0.4, 0.5) is 17.2 Å². The summed E-state index contributed by atoms with van der Waals surface area (Å²) < 4.78 is 27.2. The zero-order valence-electron chi connectivity index (χ0n) is 16.1. The summed E-state index contributed by atoms with van der Waals surface area (Å²) >= 11 is 0. The fraction of sp³-hybridized carbons (Fsp3) is 0.227. The minimum atomic E-state index is -3.48. The highest BCUT2D eigenvalue weighted by atomic mass is 32.2. The van der Waals surface area contributed by atoms with Crippen LogP contribution in [0.15, 0.2) is 83.9 Å². The lowest BCUT2D eigenvalue weighted by Gasteiger charge is -2.27. The highest BCUT2D eigenvalue weighted by molar-refractivity contribution is 7.89. The predicted octanol–water partition coefficient (Wildman–Crippen LogP) is 4.42. The second-order valence-corrected chi connectivity index (χ2v) is 8.90. The van der Waals surface area contributed by atoms with Gasteiger partial charge in [0.2, 0.25) is 10.0 Å². The van der Waals surface area contributed by atoms with Crippen LogP contribution in [0.1, 0.15) is 19.3 Å². The van der Waals surface area contributed by atoms with Crippen LogP contribution in [0, 0.1) is 0 Å². The molecule has 0 saturated carbocycles. The second-order valence-electron chi connectivity index (χ2n) is 6.96. The Labute approximate surface area is 171 Å². The molecule has 7 heteroatoms. The largest absolute Gasteiger partial charge is 0.277 e. The number of hydrogen-bond donors (Lipinski definition) is 1. The van der Waals surface area contributed by atoms with Crippen LogP contribution in [0.2, 0.25) is 0 Å². The third-order valence-electron chi connectivity index (χ3n) is 4.94. The van der Waals surface area contributed by atoms with Gasteiger partial charge < -0.3 is 0 Å². The lowest BCUT2D eigenvalue weighted by Crippen LogP contribution is -2.35. The molecule has 150 valence electrons. The Bertz CT molecular complexity index is 980. The van der Waals surface area contributed by atoms with E-state index >= 15 is 0 Å². The van der Waals surface area contributed by atoms with E-state index in [1.165, 1.54) is 6.20 Å². The molecule has 0 amide bonds. The van der Waals surface area contributed by atoms with Crippen molar-refractivity contribution in [1.29, 1.82) is 0 Å². The Hall–Kier alpha value is -2.90. The molecular formula is C22H24N4O2S. The number of nitrogens with zero attached hydrogens (tertiary/aromatic N) is 3. The first-order valence-corrected chi connectivity index (χ1v) is 11.2. The molecule has 1 saturated heterocycles. The van der Waals surface area contributed by atoms with Crippen molar-refractivity contribution in [3.8, 4) is 0 Å². The van der Waals surface area contributed by atoms with Gasteiger partial charge in [-0.05, 0) is 49.2 Å². The lowest BCUT2D eigenvalue weighted by molar-refractivity contribution is 0.346. The minimum absolute atomic E-state index is 0.232. The number of piperidine rings is 1. The van der Waals surface area contributed by atoms with E-state index in [9.17, 15) is 8.42 Å². The van der Waals surface area contributed by atoms with Crippen LogP contribution in [-0.2, 0) is 10.0 Å². The molecule has 4 rings (SSSR count). The van der Waals surface area contributed by atoms with Crippen LogP contribution in [0.25, 0.3) is 0 Å². The normalized spacial score (nSPS) is 15.0. The van der Waals surface area contributed by atoms with Crippen molar-refractivity contribution >= 4 is 27.2 Å². The fourth-order valence-electron chi connectivity index (χ4n) is 3.40. The molecule has 3 aromatic rings. The number of hydrazine groups is 1. The third-order valence-corrected chi connectivity index (χ3v) is 6.83. The molecule has 2 heterocycles. The summed E-state index contributed by atoms with van der Waals surface area (Å²) in [5, 5.41) is 1.92. The fourth-order valence-corrected chi connectivity index (χ4v) is 4.86. The van der Waals surface area contributed by atoms with Gasteiger partial charge in [-0.2, -0.15) is 4.31 Å². The molecule has 1 fully saturated rings. The third kappa shape index (κ3) is 4.41. The number of nitrogens with one attached hydrogen (secondary N) is 1. The van der Waals surface area contributed by atoms with Crippen molar-refractivity contribution in [2.75, 3.05) is 23.5 Å². The summed E-state index contributed by atoms with van der Waals surface area (Å²) in [4.78, 5) is 4.60. The van der Waals surface area contributed by atoms with Gasteiger partial charge in [0.1, 0.15) is 10.7 Å². The first-order chi connectivity index (χ1) is 14.1. The van der Waals surface area contributed by atoms with E-state index in [1.807, 2.05) is 65.7 Å². The highest BCUT2D eigenvalue weighted by Crippen LogP contribution is 2.26. The predicted molar refractivity (Wildman–Crippen MR) is 115 cm³/mol. The Morgan fingerprint density at radius 2 is 1.38 bits per heavy atom. The van der Waals surface area contributed by atoms with Crippen molar-refractivity contribution in [2.45, 2.75) is 24.2 Å². The Balaban J connectivity index is 1.58. The minimum Gasteiger partial charge on any atom is -0.277 e. The molecule has 0 bridgehead atoms. The van der Waals surface area contributed by atoms with Crippen molar-refractivity contribution in [3.63, 3.8) is 0 Å². The number of aromatic nitrogens is 1. The first-order valence-electron chi connectivity index (χ1n) is 9.78. The van der Waals surface area contributed by atoms with Gasteiger partial charge in [-0.15, -0.1) is 0 Å². The van der Waals surface area contributed by atoms with Crippen molar-refractivity contribution in [2.24, 2.45) is 0 Å². The number of pyridine rings is 1. The maximum absolute atomic E-state index is 12.8. The van der Waals surface area contributed by atoms with E-state index in [0.717, 1.165) is 30.6 Å². The number of sulfonamides is 1. The molecule has 1 aliphatic heterocycles. The van der Waals surface area contributed by atoms with Gasteiger partial charge >= 0.3 is 0 Å². The Kier molecular flexibility index (Phi) is 5.78. The van der Waals surface area contributed by atoms with Gasteiger partial charge in [0, 0.05) is 19.3 Å². The maximum atomic E-state index is 12.8. The standard InChI is InChI=1S/C22H24N4O2S/c27-29(28,25-16-8-3-9-17-25)21-14-15-22(23-18-21)24-26(19-10-4-1-5-11-19)20-12-6-2-7-13-20/h1-2,4-7,10-15,18H,3,8-9,16-17H2,(H,23,24). The molecule has 0 spiro atoms. The van der Waals surface area contributed by atoms with Crippen LogP contribution in [-0.4, -0.2) is 30.8 Å². The van der Waals surface area contributed by atoms with E-state index < -0.39 is 10.0 Å². The summed E-state index contributed by atoms with van der Waals surface area (Å²) in [5.41, 5.74) is 5.18. The van der Waals surface area contributed by atoms with Crippen molar-refractivity contribution < 1.29 is 8.42 Å². The zero-order valence-corrected chi connectivity index (χ0v) is 16.9. The van der Waals surface area contributed by atoms with Crippen molar-refractivity contribution in [1.82, 2.24) is 9.29 Å². The molecule has 0 atom stereocenters. The number of anilines is 3. The highest BCUT2D eigenvalue weighted by Gasteiger charge is 2.26. The zero-order chi connectivity index (χ0) is 20.1. The number of benzene rings is 2. The van der Waals surface area contributed by atoms with Crippen LogP contribution in [0.3, 0.4) is 0 Å². The monoisotopic (exact) mass is 408 g/mol. The molecule has 6 nitrogen and oxygen atoms in total. The number of para-hydroxylation sites is 2. The topological polar surface area (TPSA) is 65.5 Å². The van der Waals surface area contributed by atoms with E-state index in [2.05, 4.69) is 10.4 Å². The SMILES string of the molecule is O=S(=O)(c1ccc(NN(c2ccccc2)c2ccccc2)nc1)N1CCCCC1. The summed E-state index contributed by atoms with van der Waals surface area (Å²) in [7, 11) is -3.48. The molecule has 1 aliphatic rings. The molecule has 2 aromatic carbocycles. The molecule has 0 unspecified atom stereocenters. The van der Waals surface area contributed by atoms with E-state index in [4.69, 9.17) is 0 Å². The van der Waals surface area contributed by atoms with Gasteiger partial charge in [0.05, 0.1) is 11.4 Å². The average molecular weight is 409 g/mol. The van der Waals surface area contributed by atoms with Gasteiger partial charge in [-0.25, -0.2) is 13.4 Å².